The van der Waals surface area contributed by atoms with Gasteiger partial charge in [0.25, 0.3) is 0 Å². The molecule has 0 aromatic heterocycles. The number of nitrogens with one attached hydrogen (secondary N) is 4. The monoisotopic (exact) mass is 732 g/mol. The number of ether oxygens (including phenoxy) is 1. The van der Waals surface area contributed by atoms with Crippen LogP contribution in [0.2, 0.25) is 0 Å². The molecule has 0 saturated carbocycles. The standard InChI is InChI=1S/C19H29N5O6.C5H10NO2.C3H8.2C2H6.Y/c1-2-4-16(25)22-11-17(26)24-15(5-3-10-21-19(20)28)18(27)23-14-8-6-13(7-9-14)12-30-29;1-5(7)8-4-3-6-2;1-3-2;2*1-2;/h6-9,15,29H,2-5,10-12H2,1H3,(H,22,25)(H,23,27)(H,24,26)(H3,20,21,28);3-4H2,1-2H3;3H2,1-2H3;2*1-2H3;/q;-1;;;;. The van der Waals surface area contributed by atoms with Gasteiger partial charge in [-0.3, -0.25) is 24.4 Å². The summed E-state index contributed by atoms with van der Waals surface area (Å²) in [4.78, 5) is 61.2. The molecule has 5 amide bonds. The van der Waals surface area contributed by atoms with Crippen LogP contribution in [0.25, 0.3) is 5.32 Å². The Hall–Kier alpha value is -2.65. The van der Waals surface area contributed by atoms with Gasteiger partial charge in [0, 0.05) is 58.3 Å². The minimum absolute atomic E-state index is 0. The Kier molecular flexibility index (Phi) is 46.4. The van der Waals surface area contributed by atoms with Crippen LogP contribution >= 0.6 is 0 Å². The third kappa shape index (κ3) is 37.5. The quantitative estimate of drug-likeness (QED) is 0.0616. The summed E-state index contributed by atoms with van der Waals surface area (Å²) in [6.07, 6.45) is 2.87. The molecule has 0 saturated heterocycles. The van der Waals surface area contributed by atoms with Crippen molar-refractivity contribution in [1.82, 2.24) is 16.0 Å². The third-order valence-corrected chi connectivity index (χ3v) is 4.62. The Morgan fingerprint density at radius 3 is 1.98 bits per heavy atom. The van der Waals surface area contributed by atoms with E-state index in [2.05, 4.69) is 50.1 Å². The number of primary amides is 1. The largest absolute Gasteiger partial charge is 0.662 e. The van der Waals surface area contributed by atoms with Crippen molar-refractivity contribution in [2.24, 2.45) is 5.73 Å². The third-order valence-electron chi connectivity index (χ3n) is 4.62. The van der Waals surface area contributed by atoms with Crippen LogP contribution in [-0.2, 0) is 68.1 Å². The average Bonchev–Trinajstić information content (AvgIpc) is 3.01. The number of carbonyl (C=O) groups excluding carboxylic acids is 5. The Morgan fingerprint density at radius 1 is 0.957 bits per heavy atom. The van der Waals surface area contributed by atoms with Gasteiger partial charge in [-0.05, 0) is 37.0 Å². The molecule has 0 aliphatic rings. The van der Waals surface area contributed by atoms with Crippen molar-refractivity contribution in [3.05, 3.63) is 35.1 Å². The molecule has 1 atom stereocenters. The molecule has 0 spiro atoms. The number of nitrogens with zero attached hydrogens (tertiary/aromatic N) is 1. The van der Waals surface area contributed by atoms with Crippen molar-refractivity contribution in [1.29, 1.82) is 0 Å². The van der Waals surface area contributed by atoms with Crippen LogP contribution in [0.1, 0.15) is 93.1 Å². The number of anilines is 1. The molecular formula is C31H59N6O8Y-. The molecule has 0 aliphatic carbocycles. The van der Waals surface area contributed by atoms with E-state index in [1.54, 1.807) is 31.3 Å². The van der Waals surface area contributed by atoms with Gasteiger partial charge in [0.1, 0.15) is 12.6 Å². The smallest absolute Gasteiger partial charge is 0.312 e. The second kappa shape index (κ2) is 40.4. The van der Waals surface area contributed by atoms with Gasteiger partial charge in [-0.25, -0.2) is 9.68 Å². The maximum Gasteiger partial charge on any atom is 0.312 e. The molecule has 0 aliphatic heterocycles. The fourth-order valence-electron chi connectivity index (χ4n) is 2.80. The summed E-state index contributed by atoms with van der Waals surface area (Å²) in [5.41, 5.74) is 6.22. The molecule has 1 aromatic carbocycles. The topological polar surface area (TPSA) is 212 Å². The number of carbonyl (C=O) groups is 5. The van der Waals surface area contributed by atoms with Crippen molar-refractivity contribution in [3.8, 4) is 0 Å². The van der Waals surface area contributed by atoms with Gasteiger partial charge in [-0.1, -0.05) is 67.0 Å². The predicted octanol–water partition coefficient (Wildman–Crippen LogP) is 4.48. The Labute approximate surface area is 301 Å². The van der Waals surface area contributed by atoms with Crippen molar-refractivity contribution >= 4 is 35.4 Å². The molecule has 0 fully saturated rings. The zero-order valence-corrected chi connectivity index (χ0v) is 32.2. The van der Waals surface area contributed by atoms with Crippen molar-refractivity contribution in [3.63, 3.8) is 0 Å². The fourth-order valence-corrected chi connectivity index (χ4v) is 2.80. The van der Waals surface area contributed by atoms with Gasteiger partial charge in [0.15, 0.2) is 0 Å². The molecule has 15 heteroatoms. The predicted molar refractivity (Wildman–Crippen MR) is 179 cm³/mol. The van der Waals surface area contributed by atoms with E-state index in [4.69, 9.17) is 11.0 Å². The van der Waals surface area contributed by atoms with E-state index in [-0.39, 0.29) is 70.7 Å². The molecule has 265 valence electrons. The summed E-state index contributed by atoms with van der Waals surface area (Å²) in [5, 5.41) is 22.4. The molecule has 1 radical (unpaired) electrons. The van der Waals surface area contributed by atoms with E-state index >= 15 is 0 Å². The van der Waals surface area contributed by atoms with Crippen LogP contribution in [0.15, 0.2) is 24.3 Å². The van der Waals surface area contributed by atoms with Crippen molar-refractivity contribution < 1.29 is 71.6 Å². The van der Waals surface area contributed by atoms with Gasteiger partial charge in [-0.2, -0.15) is 7.05 Å². The van der Waals surface area contributed by atoms with E-state index in [0.29, 0.717) is 43.7 Å². The van der Waals surface area contributed by atoms with E-state index in [1.807, 2.05) is 34.6 Å². The Morgan fingerprint density at radius 2 is 1.52 bits per heavy atom. The van der Waals surface area contributed by atoms with E-state index in [9.17, 15) is 24.0 Å². The molecule has 0 heterocycles. The molecule has 0 bridgehead atoms. The van der Waals surface area contributed by atoms with Crippen LogP contribution in [-0.4, -0.2) is 74.3 Å². The molecule has 1 unspecified atom stereocenters. The summed E-state index contributed by atoms with van der Waals surface area (Å²) in [6.45, 7) is 16.5. The van der Waals surface area contributed by atoms with E-state index in [1.165, 1.54) is 13.3 Å². The molecule has 7 N–H and O–H groups in total. The molecule has 46 heavy (non-hydrogen) atoms. The minimum atomic E-state index is -0.879. The van der Waals surface area contributed by atoms with Crippen molar-refractivity contribution in [2.45, 2.75) is 100 Å². The number of rotatable bonds is 16. The number of hydrogen-bond acceptors (Lipinski definition) is 8. The zero-order chi connectivity index (χ0) is 35.5. The first-order valence-corrected chi connectivity index (χ1v) is 15.5. The first-order chi connectivity index (χ1) is 21.5. The second-order valence-electron chi connectivity index (χ2n) is 8.63. The average molecular weight is 733 g/mol. The normalized spacial score (nSPS) is 9.52. The van der Waals surface area contributed by atoms with Gasteiger partial charge in [-0.15, -0.1) is 6.54 Å². The zero-order valence-electron chi connectivity index (χ0n) is 29.4. The summed E-state index contributed by atoms with van der Waals surface area (Å²) < 4.78 is 4.55. The first-order valence-electron chi connectivity index (χ1n) is 15.5. The number of amides is 5. The van der Waals surface area contributed by atoms with Crippen LogP contribution in [0.5, 0.6) is 0 Å². The number of benzene rings is 1. The summed E-state index contributed by atoms with van der Waals surface area (Å²) >= 11 is 0. The summed E-state index contributed by atoms with van der Waals surface area (Å²) in [7, 11) is 1.68. The fraction of sp³-hybridized carbons (Fsp3) is 0.645. The number of esters is 1. The first kappa shape index (κ1) is 52.9. The molecule has 14 nitrogen and oxygen atoms in total. The summed E-state index contributed by atoms with van der Waals surface area (Å²) in [6, 6.07) is 5.04. The van der Waals surface area contributed by atoms with Crippen LogP contribution < -0.4 is 27.0 Å². The maximum absolute atomic E-state index is 12.6. The minimum Gasteiger partial charge on any atom is -0.662 e. The maximum atomic E-state index is 12.6. The number of likely N-dealkylation sites (N-methyl/N-ethyl adjacent to an activating group) is 1. The Bertz CT molecular complexity index is 892. The number of nitrogens with two attached hydrogens (primary N) is 1. The second-order valence-corrected chi connectivity index (χ2v) is 8.63. The van der Waals surface area contributed by atoms with Crippen molar-refractivity contribution in [2.75, 3.05) is 38.6 Å². The van der Waals surface area contributed by atoms with Crippen LogP contribution in [0.3, 0.4) is 0 Å². The van der Waals surface area contributed by atoms with Crippen LogP contribution in [0.4, 0.5) is 10.5 Å². The van der Waals surface area contributed by atoms with Gasteiger partial charge >= 0.3 is 12.0 Å². The summed E-state index contributed by atoms with van der Waals surface area (Å²) in [5.74, 6) is -1.44. The van der Waals surface area contributed by atoms with Gasteiger partial charge in [0.2, 0.25) is 17.7 Å². The number of urea groups is 1. The molecular weight excluding hydrogens is 673 g/mol. The SMILES string of the molecule is CC.CC.CCC.CCCC(=O)NCC(=O)NC(CCCNC(N)=O)C(=O)Nc1ccc(COO)cc1.C[N-]CCOC(C)=O.[Y]. The molecule has 1 aromatic rings. The number of hydrogen-bond donors (Lipinski definition) is 6. The van der Waals surface area contributed by atoms with Gasteiger partial charge < -0.3 is 37.1 Å². The van der Waals surface area contributed by atoms with Gasteiger partial charge in [0.05, 0.1) is 13.2 Å². The van der Waals surface area contributed by atoms with E-state index < -0.39 is 23.9 Å². The van der Waals surface area contributed by atoms with E-state index in [0.717, 1.165) is 0 Å². The Balaban J connectivity index is -0.000000294. The van der Waals surface area contributed by atoms with Crippen LogP contribution in [0, 0.1) is 0 Å². The molecule has 1 rings (SSSR count).